The lowest BCUT2D eigenvalue weighted by molar-refractivity contribution is -0.150. The Morgan fingerprint density at radius 1 is 1.19 bits per heavy atom. The van der Waals surface area contributed by atoms with Crippen LogP contribution in [0.5, 0.6) is 0 Å². The number of ether oxygens (including phenoxy) is 1. The summed E-state index contributed by atoms with van der Waals surface area (Å²) in [5, 5.41) is 13.1. The summed E-state index contributed by atoms with van der Waals surface area (Å²) >= 11 is 6.03. The first kappa shape index (κ1) is 24.2. The minimum Gasteiger partial charge on any atom is -0.454 e. The Hall–Kier alpha value is -2.46. The topological polar surface area (TPSA) is 113 Å². The van der Waals surface area contributed by atoms with E-state index >= 15 is 0 Å². The van der Waals surface area contributed by atoms with E-state index in [1.807, 2.05) is 6.92 Å². The molecule has 0 aliphatic carbocycles. The van der Waals surface area contributed by atoms with Gasteiger partial charge in [-0.25, -0.2) is 8.42 Å². The van der Waals surface area contributed by atoms with Crippen molar-refractivity contribution in [3.63, 3.8) is 0 Å². The van der Waals surface area contributed by atoms with Gasteiger partial charge in [-0.15, -0.1) is 0 Å². The predicted molar refractivity (Wildman–Crippen MR) is 120 cm³/mol. The third-order valence-electron chi connectivity index (χ3n) is 5.48. The van der Waals surface area contributed by atoms with E-state index in [2.05, 4.69) is 5.32 Å². The summed E-state index contributed by atoms with van der Waals surface area (Å²) in [4.78, 5) is 24.9. The van der Waals surface area contributed by atoms with Crippen molar-refractivity contribution in [2.75, 3.05) is 18.5 Å². The van der Waals surface area contributed by atoms with Gasteiger partial charge in [0.15, 0.2) is 6.61 Å². The van der Waals surface area contributed by atoms with E-state index in [1.54, 1.807) is 38.1 Å². The van der Waals surface area contributed by atoms with Crippen LogP contribution in [0.3, 0.4) is 0 Å². The number of aryl methyl sites for hydroxylation is 2. The number of carbonyl (C=O) groups is 2. The maximum Gasteiger partial charge on any atom is 0.325 e. The first-order valence-corrected chi connectivity index (χ1v) is 11.8. The van der Waals surface area contributed by atoms with Crippen LogP contribution in [0.15, 0.2) is 41.3 Å². The van der Waals surface area contributed by atoms with E-state index in [-0.39, 0.29) is 17.9 Å². The molecule has 1 amide bonds. The number of hydrogen-bond acceptors (Lipinski definition) is 6. The van der Waals surface area contributed by atoms with Crippen molar-refractivity contribution >= 4 is 39.2 Å². The van der Waals surface area contributed by atoms with Crippen LogP contribution in [0.1, 0.15) is 23.1 Å². The lowest BCUT2D eigenvalue weighted by atomic mass is 10.1. The molecule has 32 heavy (non-hydrogen) atoms. The van der Waals surface area contributed by atoms with Gasteiger partial charge in [0.05, 0.1) is 11.0 Å². The summed E-state index contributed by atoms with van der Waals surface area (Å²) in [5.41, 5.74) is 2.87. The molecule has 1 aliphatic heterocycles. The molecule has 1 aliphatic rings. The monoisotopic (exact) mass is 480 g/mol. The predicted octanol–water partition coefficient (Wildman–Crippen LogP) is 2.57. The number of esters is 1. The van der Waals surface area contributed by atoms with E-state index in [4.69, 9.17) is 16.3 Å². The summed E-state index contributed by atoms with van der Waals surface area (Å²) < 4.78 is 32.3. The molecule has 1 heterocycles. The lowest BCUT2D eigenvalue weighted by Crippen LogP contribution is -2.42. The summed E-state index contributed by atoms with van der Waals surface area (Å²) in [5.74, 6) is -1.49. The molecule has 3 rings (SSSR count). The highest BCUT2D eigenvalue weighted by Gasteiger charge is 2.44. The standard InChI is InChI=1S/C22H25ClN2O6S/c1-13-7-8-17(9-14(13)2)32(29,30)25-11-16(26)10-20(25)22(28)31-12-21(27)24-19-6-4-5-18(23)15(19)3/h4-9,16,20,26H,10-12H2,1-3H3,(H,24,27)/t16?,20-/m0/s1. The number of aliphatic hydroxyl groups excluding tert-OH is 1. The van der Waals surface area contributed by atoms with Crippen LogP contribution in [0.4, 0.5) is 5.69 Å². The smallest absolute Gasteiger partial charge is 0.325 e. The van der Waals surface area contributed by atoms with Crippen molar-refractivity contribution in [1.82, 2.24) is 4.31 Å². The van der Waals surface area contributed by atoms with E-state index in [9.17, 15) is 23.1 Å². The van der Waals surface area contributed by atoms with Crippen LogP contribution in [0, 0.1) is 20.8 Å². The summed E-state index contributed by atoms with van der Waals surface area (Å²) in [6.45, 7) is 4.55. The zero-order valence-electron chi connectivity index (χ0n) is 18.0. The Morgan fingerprint density at radius 2 is 1.91 bits per heavy atom. The first-order chi connectivity index (χ1) is 15.0. The largest absolute Gasteiger partial charge is 0.454 e. The van der Waals surface area contributed by atoms with Crippen molar-refractivity contribution in [2.24, 2.45) is 0 Å². The van der Waals surface area contributed by atoms with Crippen LogP contribution in [0.25, 0.3) is 0 Å². The van der Waals surface area contributed by atoms with Gasteiger partial charge in [0.25, 0.3) is 5.91 Å². The van der Waals surface area contributed by atoms with Crippen molar-refractivity contribution in [2.45, 2.75) is 44.2 Å². The molecule has 2 aromatic carbocycles. The fourth-order valence-electron chi connectivity index (χ4n) is 3.44. The SMILES string of the molecule is Cc1ccc(S(=O)(=O)N2CC(O)C[C@H]2C(=O)OCC(=O)Nc2cccc(Cl)c2C)cc1C. The van der Waals surface area contributed by atoms with Crippen molar-refractivity contribution in [3.8, 4) is 0 Å². The maximum atomic E-state index is 13.1. The molecule has 0 bridgehead atoms. The minimum absolute atomic E-state index is 0.0293. The number of aliphatic hydroxyl groups is 1. The first-order valence-electron chi connectivity index (χ1n) is 9.99. The Bertz CT molecular complexity index is 1150. The Morgan fingerprint density at radius 3 is 2.59 bits per heavy atom. The van der Waals surface area contributed by atoms with Crippen molar-refractivity contribution in [1.29, 1.82) is 0 Å². The minimum atomic E-state index is -4.05. The molecule has 1 unspecified atom stereocenters. The number of benzene rings is 2. The van der Waals surface area contributed by atoms with Crippen LogP contribution in [-0.4, -0.2) is 55.0 Å². The molecule has 1 saturated heterocycles. The van der Waals surface area contributed by atoms with Gasteiger partial charge in [-0.05, 0) is 61.7 Å². The van der Waals surface area contributed by atoms with Gasteiger partial charge in [-0.1, -0.05) is 23.7 Å². The zero-order chi connectivity index (χ0) is 23.6. The number of anilines is 1. The highest BCUT2D eigenvalue weighted by atomic mass is 35.5. The molecule has 2 N–H and O–H groups in total. The molecular weight excluding hydrogens is 456 g/mol. The van der Waals surface area contributed by atoms with Gasteiger partial charge in [0, 0.05) is 23.7 Å². The Kier molecular flexibility index (Phi) is 7.24. The number of amides is 1. The fraction of sp³-hybridized carbons (Fsp3) is 0.364. The zero-order valence-corrected chi connectivity index (χ0v) is 19.5. The quantitative estimate of drug-likeness (QED) is 0.614. The van der Waals surface area contributed by atoms with E-state index in [1.165, 1.54) is 12.1 Å². The number of nitrogens with one attached hydrogen (secondary N) is 1. The third kappa shape index (κ3) is 5.12. The van der Waals surface area contributed by atoms with Crippen molar-refractivity contribution < 1.29 is 27.9 Å². The lowest BCUT2D eigenvalue weighted by Gasteiger charge is -2.22. The van der Waals surface area contributed by atoms with Crippen molar-refractivity contribution in [3.05, 3.63) is 58.1 Å². The highest BCUT2D eigenvalue weighted by molar-refractivity contribution is 7.89. The maximum absolute atomic E-state index is 13.1. The highest BCUT2D eigenvalue weighted by Crippen LogP contribution is 2.28. The second-order valence-corrected chi connectivity index (χ2v) is 10.1. The number of halogens is 1. The number of nitrogens with zero attached hydrogens (tertiary/aromatic N) is 1. The summed E-state index contributed by atoms with van der Waals surface area (Å²) in [6.07, 6.45) is -1.13. The summed E-state index contributed by atoms with van der Waals surface area (Å²) in [7, 11) is -4.05. The molecule has 10 heteroatoms. The van der Waals surface area contributed by atoms with Gasteiger partial charge in [-0.3, -0.25) is 9.59 Å². The average Bonchev–Trinajstić information content (AvgIpc) is 3.14. The van der Waals surface area contributed by atoms with Crippen LogP contribution in [0.2, 0.25) is 5.02 Å². The molecule has 1 fully saturated rings. The number of rotatable bonds is 6. The Labute approximate surface area is 192 Å². The second-order valence-electron chi connectivity index (χ2n) is 7.79. The molecule has 2 atom stereocenters. The molecule has 0 saturated carbocycles. The van der Waals surface area contributed by atoms with E-state index in [0.717, 1.165) is 15.4 Å². The number of hydrogen-bond donors (Lipinski definition) is 2. The fourth-order valence-corrected chi connectivity index (χ4v) is 5.32. The van der Waals surface area contributed by atoms with Crippen LogP contribution in [-0.2, 0) is 24.3 Å². The molecule has 2 aromatic rings. The molecule has 172 valence electrons. The molecule has 8 nitrogen and oxygen atoms in total. The third-order valence-corrected chi connectivity index (χ3v) is 7.76. The van der Waals surface area contributed by atoms with Gasteiger partial charge >= 0.3 is 5.97 Å². The average molecular weight is 481 g/mol. The number of sulfonamides is 1. The number of carbonyl (C=O) groups excluding carboxylic acids is 2. The van der Waals surface area contributed by atoms with Gasteiger partial charge in [0.2, 0.25) is 10.0 Å². The molecule has 0 aromatic heterocycles. The molecular formula is C22H25ClN2O6S. The van der Waals surface area contributed by atoms with Crippen LogP contribution >= 0.6 is 11.6 Å². The van der Waals surface area contributed by atoms with Crippen LogP contribution < -0.4 is 5.32 Å². The number of β-amino-alcohol motifs (C(OH)–C–C–N with tert-alkyl or cyclic N) is 1. The molecule has 0 radical (unpaired) electrons. The van der Waals surface area contributed by atoms with E-state index < -0.39 is 40.7 Å². The van der Waals surface area contributed by atoms with E-state index in [0.29, 0.717) is 16.3 Å². The second kappa shape index (κ2) is 9.58. The van der Waals surface area contributed by atoms with Gasteiger partial charge in [0.1, 0.15) is 6.04 Å². The summed E-state index contributed by atoms with van der Waals surface area (Å²) in [6, 6.07) is 8.47. The normalized spacial score (nSPS) is 19.0. The van der Waals surface area contributed by atoms with Gasteiger partial charge in [-0.2, -0.15) is 4.31 Å². The van der Waals surface area contributed by atoms with Gasteiger partial charge < -0.3 is 15.2 Å². The molecule has 0 spiro atoms. The Balaban J connectivity index is 1.70.